The number of aromatic nitrogens is 1. The molecule has 0 fully saturated rings. The van der Waals surface area contributed by atoms with E-state index in [1.807, 2.05) is 36.2 Å². The predicted octanol–water partition coefficient (Wildman–Crippen LogP) is 2.56. The normalized spacial score (nSPS) is 12.3. The van der Waals surface area contributed by atoms with E-state index in [4.69, 9.17) is 5.84 Å². The number of nitrogens with zero attached hydrogens (tertiary/aromatic N) is 1. The van der Waals surface area contributed by atoms with Crippen LogP contribution in [0.3, 0.4) is 0 Å². The Morgan fingerprint density at radius 1 is 1.26 bits per heavy atom. The molecule has 0 aliphatic carbocycles. The number of nitrogens with two attached hydrogens (primary N) is 1. The molecule has 2 rings (SSSR count). The second-order valence-corrected chi connectivity index (χ2v) is 5.61. The van der Waals surface area contributed by atoms with E-state index in [0.717, 1.165) is 17.9 Å². The molecule has 4 heteroatoms. The summed E-state index contributed by atoms with van der Waals surface area (Å²) in [6, 6.07) is 14.7. The van der Waals surface area contributed by atoms with Crippen molar-refractivity contribution in [2.24, 2.45) is 5.84 Å². The van der Waals surface area contributed by atoms with Crippen molar-refractivity contribution in [1.29, 1.82) is 0 Å². The van der Waals surface area contributed by atoms with Gasteiger partial charge in [-0.25, -0.2) is 0 Å². The maximum Gasteiger partial charge on any atom is 0.0419 e. The smallest absolute Gasteiger partial charge is 0.0419 e. The van der Waals surface area contributed by atoms with Crippen molar-refractivity contribution in [1.82, 2.24) is 10.4 Å². The van der Waals surface area contributed by atoms with Crippen LogP contribution in [0.15, 0.2) is 53.6 Å². The maximum absolute atomic E-state index is 5.62. The maximum atomic E-state index is 5.62. The second-order valence-electron chi connectivity index (χ2n) is 4.52. The number of thioether (sulfide) groups is 1. The third kappa shape index (κ3) is 4.67. The van der Waals surface area contributed by atoms with Gasteiger partial charge in [-0.3, -0.25) is 16.3 Å². The number of hydrazine groups is 1. The molecule has 0 radical (unpaired) electrons. The molecule has 3 nitrogen and oxygen atoms in total. The molecule has 0 aliphatic heterocycles. The number of rotatable bonds is 6. The van der Waals surface area contributed by atoms with E-state index >= 15 is 0 Å². The van der Waals surface area contributed by atoms with Crippen LogP contribution in [0.2, 0.25) is 0 Å². The Labute approximate surface area is 118 Å². The summed E-state index contributed by atoms with van der Waals surface area (Å²) >= 11 is 1.82. The summed E-state index contributed by atoms with van der Waals surface area (Å²) in [5.41, 5.74) is 5.22. The molecule has 100 valence electrons. The zero-order valence-corrected chi connectivity index (χ0v) is 11.9. The summed E-state index contributed by atoms with van der Waals surface area (Å²) in [6.07, 6.45) is 2.66. The van der Waals surface area contributed by atoms with Crippen LogP contribution < -0.4 is 11.3 Å². The van der Waals surface area contributed by atoms with Crippen LogP contribution in [0, 0.1) is 6.92 Å². The van der Waals surface area contributed by atoms with Gasteiger partial charge in [-0.15, -0.1) is 11.8 Å². The molecule has 3 N–H and O–H groups in total. The Balaban J connectivity index is 1.89. The lowest BCUT2D eigenvalue weighted by molar-refractivity contribution is 0.569. The summed E-state index contributed by atoms with van der Waals surface area (Å²) < 4.78 is 0. The highest BCUT2D eigenvalue weighted by Crippen LogP contribution is 2.20. The standard InChI is InChI=1S/C15H19N3S/c1-12-5-4-7-15(9-12)19-11-14(18-16)10-13-6-2-3-8-17-13/h2-9,14,18H,10-11,16H2,1H3. The van der Waals surface area contributed by atoms with Gasteiger partial charge >= 0.3 is 0 Å². The third-order valence-electron chi connectivity index (χ3n) is 2.86. The third-order valence-corrected chi connectivity index (χ3v) is 4.01. The van der Waals surface area contributed by atoms with Gasteiger partial charge in [-0.1, -0.05) is 23.8 Å². The number of hydrogen-bond acceptors (Lipinski definition) is 4. The van der Waals surface area contributed by atoms with Crippen LogP contribution in [0.1, 0.15) is 11.3 Å². The first-order valence-corrected chi connectivity index (χ1v) is 7.32. The minimum atomic E-state index is 0.223. The minimum Gasteiger partial charge on any atom is -0.271 e. The van der Waals surface area contributed by atoms with Gasteiger partial charge in [0.1, 0.15) is 0 Å². The molecule has 0 bridgehead atoms. The second kappa shape index (κ2) is 7.28. The molecule has 0 saturated carbocycles. The average Bonchev–Trinajstić information content (AvgIpc) is 2.44. The van der Waals surface area contributed by atoms with Crippen molar-refractivity contribution in [3.8, 4) is 0 Å². The molecule has 0 spiro atoms. The predicted molar refractivity (Wildman–Crippen MR) is 81.0 cm³/mol. The van der Waals surface area contributed by atoms with Crippen molar-refractivity contribution < 1.29 is 0 Å². The summed E-state index contributed by atoms with van der Waals surface area (Å²) in [6.45, 7) is 2.11. The van der Waals surface area contributed by atoms with Gasteiger partial charge in [0, 0.05) is 35.0 Å². The molecule has 0 saturated heterocycles. The average molecular weight is 273 g/mol. The van der Waals surface area contributed by atoms with Crippen LogP contribution in [0.4, 0.5) is 0 Å². The number of hydrogen-bond donors (Lipinski definition) is 2. The van der Waals surface area contributed by atoms with Gasteiger partial charge in [0.05, 0.1) is 0 Å². The molecule has 0 amide bonds. The largest absolute Gasteiger partial charge is 0.271 e. The van der Waals surface area contributed by atoms with Crippen LogP contribution in [0.5, 0.6) is 0 Å². The van der Waals surface area contributed by atoms with Crippen LogP contribution >= 0.6 is 11.8 Å². The molecule has 0 aliphatic rings. The summed E-state index contributed by atoms with van der Waals surface area (Å²) in [5.74, 6) is 6.55. The lowest BCUT2D eigenvalue weighted by Crippen LogP contribution is -2.38. The Bertz CT molecular complexity index is 502. The first-order chi connectivity index (χ1) is 9.28. The molecule has 1 atom stereocenters. The van der Waals surface area contributed by atoms with Gasteiger partial charge in [0.25, 0.3) is 0 Å². The molecule has 19 heavy (non-hydrogen) atoms. The fraction of sp³-hybridized carbons (Fsp3) is 0.267. The van der Waals surface area contributed by atoms with Gasteiger partial charge in [0.15, 0.2) is 0 Å². The van der Waals surface area contributed by atoms with E-state index in [-0.39, 0.29) is 6.04 Å². The van der Waals surface area contributed by atoms with Gasteiger partial charge in [0.2, 0.25) is 0 Å². The Morgan fingerprint density at radius 2 is 2.16 bits per heavy atom. The van der Waals surface area contributed by atoms with Crippen molar-refractivity contribution in [2.45, 2.75) is 24.3 Å². The van der Waals surface area contributed by atoms with E-state index < -0.39 is 0 Å². The highest BCUT2D eigenvalue weighted by molar-refractivity contribution is 7.99. The fourth-order valence-corrected chi connectivity index (χ4v) is 2.89. The van der Waals surface area contributed by atoms with Crippen molar-refractivity contribution in [3.05, 3.63) is 59.9 Å². The van der Waals surface area contributed by atoms with E-state index in [1.54, 1.807) is 0 Å². The quantitative estimate of drug-likeness (QED) is 0.482. The summed E-state index contributed by atoms with van der Waals surface area (Å²) in [5, 5.41) is 0. The highest BCUT2D eigenvalue weighted by atomic mass is 32.2. The van der Waals surface area contributed by atoms with Crippen LogP contribution in [0.25, 0.3) is 0 Å². The van der Waals surface area contributed by atoms with E-state index in [1.165, 1.54) is 10.5 Å². The lowest BCUT2D eigenvalue weighted by Gasteiger charge is -2.15. The first kappa shape index (κ1) is 14.1. The number of aryl methyl sites for hydroxylation is 1. The lowest BCUT2D eigenvalue weighted by atomic mass is 10.2. The van der Waals surface area contributed by atoms with E-state index in [2.05, 4.69) is 41.6 Å². The molecule has 1 aromatic heterocycles. The number of benzene rings is 1. The van der Waals surface area contributed by atoms with E-state index in [9.17, 15) is 0 Å². The van der Waals surface area contributed by atoms with Crippen LogP contribution in [-0.2, 0) is 6.42 Å². The van der Waals surface area contributed by atoms with Crippen molar-refractivity contribution >= 4 is 11.8 Å². The summed E-state index contributed by atoms with van der Waals surface area (Å²) in [7, 11) is 0. The zero-order valence-electron chi connectivity index (χ0n) is 11.0. The molecule has 1 unspecified atom stereocenters. The van der Waals surface area contributed by atoms with Crippen molar-refractivity contribution in [3.63, 3.8) is 0 Å². The Morgan fingerprint density at radius 3 is 2.84 bits per heavy atom. The van der Waals surface area contributed by atoms with Crippen molar-refractivity contribution in [2.75, 3.05) is 5.75 Å². The molecule has 1 heterocycles. The monoisotopic (exact) mass is 273 g/mol. The zero-order chi connectivity index (χ0) is 13.5. The molecule has 2 aromatic rings. The molecular weight excluding hydrogens is 254 g/mol. The van der Waals surface area contributed by atoms with Crippen LogP contribution in [-0.4, -0.2) is 16.8 Å². The summed E-state index contributed by atoms with van der Waals surface area (Å²) in [4.78, 5) is 5.61. The molecular formula is C15H19N3S. The Hall–Kier alpha value is -1.36. The highest BCUT2D eigenvalue weighted by Gasteiger charge is 2.09. The van der Waals surface area contributed by atoms with E-state index in [0.29, 0.717) is 0 Å². The molecule has 1 aromatic carbocycles. The topological polar surface area (TPSA) is 50.9 Å². The van der Waals surface area contributed by atoms with Gasteiger partial charge in [-0.05, 0) is 31.2 Å². The first-order valence-electron chi connectivity index (χ1n) is 6.33. The Kier molecular flexibility index (Phi) is 5.39. The fourth-order valence-electron chi connectivity index (χ4n) is 1.84. The van der Waals surface area contributed by atoms with Gasteiger partial charge in [-0.2, -0.15) is 0 Å². The SMILES string of the molecule is Cc1cccc(SCC(Cc2ccccn2)NN)c1. The number of pyridine rings is 1. The number of nitrogens with one attached hydrogen (secondary N) is 1. The minimum absolute atomic E-state index is 0.223. The van der Waals surface area contributed by atoms with Gasteiger partial charge < -0.3 is 0 Å².